The Morgan fingerprint density at radius 3 is 2.62 bits per heavy atom. The number of para-hydroxylation sites is 1. The van der Waals surface area contributed by atoms with Crippen molar-refractivity contribution < 1.29 is 9.90 Å². The highest BCUT2D eigenvalue weighted by Crippen LogP contribution is 2.28. The van der Waals surface area contributed by atoms with Crippen LogP contribution in [-0.2, 0) is 6.54 Å². The van der Waals surface area contributed by atoms with Crippen LogP contribution in [0.25, 0.3) is 10.9 Å². The van der Waals surface area contributed by atoms with E-state index >= 15 is 0 Å². The molecule has 0 amide bonds. The highest BCUT2D eigenvalue weighted by molar-refractivity contribution is 6.42. The van der Waals surface area contributed by atoms with Crippen LogP contribution in [0.3, 0.4) is 0 Å². The molecule has 0 unspecified atom stereocenters. The third-order valence-electron chi connectivity index (χ3n) is 3.39. The molecule has 0 aliphatic heterocycles. The van der Waals surface area contributed by atoms with Crippen LogP contribution in [0, 0.1) is 0 Å². The minimum Gasteiger partial charge on any atom is -0.478 e. The first kappa shape index (κ1) is 14.0. The van der Waals surface area contributed by atoms with Crippen molar-refractivity contribution in [3.63, 3.8) is 0 Å². The maximum atomic E-state index is 11.4. The normalized spacial score (nSPS) is 11.0. The quantitative estimate of drug-likeness (QED) is 0.760. The largest absolute Gasteiger partial charge is 0.478 e. The van der Waals surface area contributed by atoms with Gasteiger partial charge < -0.3 is 9.67 Å². The third-order valence-corrected chi connectivity index (χ3v) is 4.25. The van der Waals surface area contributed by atoms with E-state index < -0.39 is 5.97 Å². The van der Waals surface area contributed by atoms with Crippen LogP contribution in [0.4, 0.5) is 0 Å². The summed E-state index contributed by atoms with van der Waals surface area (Å²) >= 11 is 12.2. The van der Waals surface area contributed by atoms with Crippen molar-refractivity contribution in [2.45, 2.75) is 6.54 Å². The SMILES string of the molecule is O=C(O)c1cccc2ccn(Cc3cccc(Cl)c3Cl)c12. The maximum Gasteiger partial charge on any atom is 0.337 e. The van der Waals surface area contributed by atoms with Gasteiger partial charge in [-0.15, -0.1) is 0 Å². The zero-order chi connectivity index (χ0) is 15.0. The van der Waals surface area contributed by atoms with E-state index in [1.165, 1.54) is 0 Å². The standard InChI is InChI=1S/C16H11Cl2NO2/c17-13-6-2-4-11(14(13)18)9-19-8-7-10-3-1-5-12(15(10)19)16(20)21/h1-8H,9H2,(H,20,21). The number of benzene rings is 2. The van der Waals surface area contributed by atoms with E-state index in [0.29, 0.717) is 22.1 Å². The molecule has 0 aliphatic rings. The van der Waals surface area contributed by atoms with Crippen molar-refractivity contribution in [3.05, 3.63) is 69.8 Å². The number of carboxylic acid groups (broad SMARTS) is 1. The fourth-order valence-corrected chi connectivity index (χ4v) is 2.80. The first-order valence-electron chi connectivity index (χ1n) is 6.32. The number of aromatic carboxylic acids is 1. The van der Waals surface area contributed by atoms with Crippen LogP contribution in [0.15, 0.2) is 48.7 Å². The smallest absolute Gasteiger partial charge is 0.337 e. The van der Waals surface area contributed by atoms with Crippen molar-refractivity contribution in [1.82, 2.24) is 4.57 Å². The average molecular weight is 320 g/mol. The molecule has 1 N–H and O–H groups in total. The number of hydrogen-bond donors (Lipinski definition) is 1. The molecular weight excluding hydrogens is 309 g/mol. The molecule has 3 rings (SSSR count). The van der Waals surface area contributed by atoms with Gasteiger partial charge in [0.05, 0.1) is 21.1 Å². The van der Waals surface area contributed by atoms with Crippen LogP contribution in [0.1, 0.15) is 15.9 Å². The van der Waals surface area contributed by atoms with Gasteiger partial charge in [-0.25, -0.2) is 4.79 Å². The van der Waals surface area contributed by atoms with Crippen molar-refractivity contribution in [2.24, 2.45) is 0 Å². The van der Waals surface area contributed by atoms with Crippen molar-refractivity contribution in [2.75, 3.05) is 0 Å². The lowest BCUT2D eigenvalue weighted by atomic mass is 10.1. The minimum atomic E-state index is -0.947. The number of aromatic nitrogens is 1. The topological polar surface area (TPSA) is 42.2 Å². The molecule has 0 aliphatic carbocycles. The van der Waals surface area contributed by atoms with E-state index in [4.69, 9.17) is 23.2 Å². The number of rotatable bonds is 3. The zero-order valence-corrected chi connectivity index (χ0v) is 12.4. The molecule has 2 aromatic carbocycles. The van der Waals surface area contributed by atoms with Gasteiger partial charge in [0.15, 0.2) is 0 Å². The van der Waals surface area contributed by atoms with Crippen LogP contribution in [-0.4, -0.2) is 15.6 Å². The number of fused-ring (bicyclic) bond motifs is 1. The highest BCUT2D eigenvalue weighted by atomic mass is 35.5. The number of nitrogens with zero attached hydrogens (tertiary/aromatic N) is 1. The first-order valence-corrected chi connectivity index (χ1v) is 7.07. The molecule has 0 saturated carbocycles. The van der Waals surface area contributed by atoms with Crippen LogP contribution in [0.5, 0.6) is 0 Å². The predicted molar refractivity (Wildman–Crippen MR) is 84.5 cm³/mol. The molecule has 0 radical (unpaired) electrons. The molecule has 1 heterocycles. The maximum absolute atomic E-state index is 11.4. The second-order valence-electron chi connectivity index (χ2n) is 4.71. The molecule has 5 heteroatoms. The van der Waals surface area contributed by atoms with Gasteiger partial charge >= 0.3 is 5.97 Å². The predicted octanol–water partition coefficient (Wildman–Crippen LogP) is 4.69. The molecule has 106 valence electrons. The Kier molecular flexibility index (Phi) is 3.62. The number of halogens is 2. The van der Waals surface area contributed by atoms with Gasteiger partial charge in [-0.1, -0.05) is 47.5 Å². The summed E-state index contributed by atoms with van der Waals surface area (Å²) in [5, 5.41) is 11.2. The lowest BCUT2D eigenvalue weighted by Gasteiger charge is -2.10. The van der Waals surface area contributed by atoms with Gasteiger partial charge in [0.2, 0.25) is 0 Å². The Bertz CT molecular complexity index is 839. The number of carboxylic acids is 1. The fraction of sp³-hybridized carbons (Fsp3) is 0.0625. The Labute approximate surface area is 131 Å². The van der Waals surface area contributed by atoms with Gasteiger partial charge in [-0.2, -0.15) is 0 Å². The molecule has 1 aromatic heterocycles. The van der Waals surface area contributed by atoms with Gasteiger partial charge in [-0.3, -0.25) is 0 Å². The fourth-order valence-electron chi connectivity index (χ4n) is 2.42. The van der Waals surface area contributed by atoms with Gasteiger partial charge in [0, 0.05) is 18.1 Å². The number of carbonyl (C=O) groups is 1. The summed E-state index contributed by atoms with van der Waals surface area (Å²) in [4.78, 5) is 11.4. The monoisotopic (exact) mass is 319 g/mol. The molecule has 0 spiro atoms. The molecule has 0 bridgehead atoms. The van der Waals surface area contributed by atoms with Gasteiger partial charge in [-0.05, 0) is 23.8 Å². The summed E-state index contributed by atoms with van der Waals surface area (Å²) in [7, 11) is 0. The summed E-state index contributed by atoms with van der Waals surface area (Å²) in [6.45, 7) is 0.465. The second kappa shape index (κ2) is 5.43. The first-order chi connectivity index (χ1) is 10.1. The summed E-state index contributed by atoms with van der Waals surface area (Å²) < 4.78 is 1.87. The Balaban J connectivity index is 2.13. The van der Waals surface area contributed by atoms with E-state index in [1.807, 2.05) is 35.0 Å². The van der Waals surface area contributed by atoms with Crippen LogP contribution >= 0.6 is 23.2 Å². The summed E-state index contributed by atoms with van der Waals surface area (Å²) in [6, 6.07) is 12.5. The molecule has 21 heavy (non-hydrogen) atoms. The van der Waals surface area contributed by atoms with Gasteiger partial charge in [0.1, 0.15) is 0 Å². The summed E-state index contributed by atoms with van der Waals surface area (Å²) in [5.74, 6) is -0.947. The van der Waals surface area contributed by atoms with Crippen LogP contribution < -0.4 is 0 Å². The van der Waals surface area contributed by atoms with E-state index in [0.717, 1.165) is 10.9 Å². The Morgan fingerprint density at radius 1 is 1.10 bits per heavy atom. The van der Waals surface area contributed by atoms with Crippen LogP contribution in [0.2, 0.25) is 10.0 Å². The molecule has 0 atom stereocenters. The van der Waals surface area contributed by atoms with Gasteiger partial charge in [0.25, 0.3) is 0 Å². The average Bonchev–Trinajstić information content (AvgIpc) is 2.87. The summed E-state index contributed by atoms with van der Waals surface area (Å²) in [5.41, 5.74) is 1.80. The molecule has 3 nitrogen and oxygen atoms in total. The van der Waals surface area contributed by atoms with E-state index in [9.17, 15) is 9.90 Å². The highest BCUT2D eigenvalue weighted by Gasteiger charge is 2.13. The van der Waals surface area contributed by atoms with Crippen molar-refractivity contribution >= 4 is 40.1 Å². The Hall–Kier alpha value is -1.97. The van der Waals surface area contributed by atoms with E-state index in [2.05, 4.69) is 0 Å². The van der Waals surface area contributed by atoms with E-state index in [1.54, 1.807) is 18.2 Å². The second-order valence-corrected chi connectivity index (χ2v) is 5.49. The summed E-state index contributed by atoms with van der Waals surface area (Å²) in [6.07, 6.45) is 1.86. The molecule has 3 aromatic rings. The Morgan fingerprint density at radius 2 is 1.86 bits per heavy atom. The molecule has 0 saturated heterocycles. The zero-order valence-electron chi connectivity index (χ0n) is 10.9. The van der Waals surface area contributed by atoms with Crippen molar-refractivity contribution in [1.29, 1.82) is 0 Å². The van der Waals surface area contributed by atoms with Crippen molar-refractivity contribution in [3.8, 4) is 0 Å². The lowest BCUT2D eigenvalue weighted by molar-refractivity contribution is 0.0698. The molecule has 0 fully saturated rings. The molecular formula is C16H11Cl2NO2. The van der Waals surface area contributed by atoms with E-state index in [-0.39, 0.29) is 5.56 Å². The third kappa shape index (κ3) is 2.50. The lowest BCUT2D eigenvalue weighted by Crippen LogP contribution is -2.04. The minimum absolute atomic E-state index is 0.274. The number of hydrogen-bond acceptors (Lipinski definition) is 1.